The van der Waals surface area contributed by atoms with Crippen molar-refractivity contribution in [3.8, 4) is 17.2 Å². The Hall–Kier alpha value is -3.23. The summed E-state index contributed by atoms with van der Waals surface area (Å²) in [4.78, 5) is 11.4. The van der Waals surface area contributed by atoms with E-state index < -0.39 is 21.7 Å². The molecule has 0 heterocycles. The number of sulfonamides is 1. The maximum Gasteiger partial charge on any atom is 0.339 e. The van der Waals surface area contributed by atoms with Crippen molar-refractivity contribution >= 4 is 33.3 Å². The lowest BCUT2D eigenvalue weighted by atomic mass is 10.1. The van der Waals surface area contributed by atoms with Crippen molar-refractivity contribution in [2.24, 2.45) is 0 Å². The van der Waals surface area contributed by atoms with Crippen LogP contribution < -0.4 is 9.04 Å². The molecule has 9 heteroatoms. The number of nitrogens with zero attached hydrogens (tertiary/aromatic N) is 1. The molecular weight excluding hydrogens is 490 g/mol. The van der Waals surface area contributed by atoms with Gasteiger partial charge >= 0.3 is 5.97 Å². The largest absolute Gasteiger partial charge is 0.507 e. The summed E-state index contributed by atoms with van der Waals surface area (Å²) in [6.45, 7) is 3.77. The van der Waals surface area contributed by atoms with Crippen LogP contribution in [0.5, 0.6) is 17.2 Å². The van der Waals surface area contributed by atoms with E-state index in [2.05, 4.69) is 0 Å². The summed E-state index contributed by atoms with van der Waals surface area (Å²) < 4.78 is 34.6. The quantitative estimate of drug-likeness (QED) is 0.383. The number of benzene rings is 3. The highest BCUT2D eigenvalue weighted by Crippen LogP contribution is 2.36. The Morgan fingerprint density at radius 2 is 1.57 bits per heavy atom. The molecule has 1 aliphatic rings. The third-order valence-electron chi connectivity index (χ3n) is 6.15. The second kappa shape index (κ2) is 9.79. The van der Waals surface area contributed by atoms with Crippen LogP contribution in [0.1, 0.15) is 47.2 Å². The van der Waals surface area contributed by atoms with Crippen molar-refractivity contribution in [2.45, 2.75) is 50.5 Å². The number of ether oxygens (including phenoxy) is 1. The van der Waals surface area contributed by atoms with Gasteiger partial charge in [0.05, 0.1) is 10.6 Å². The minimum atomic E-state index is -3.99. The Balaban J connectivity index is 1.66. The van der Waals surface area contributed by atoms with Gasteiger partial charge in [-0.1, -0.05) is 24.4 Å². The van der Waals surface area contributed by atoms with Gasteiger partial charge in [0, 0.05) is 17.1 Å². The van der Waals surface area contributed by atoms with Crippen LogP contribution in [0.3, 0.4) is 0 Å². The molecular formula is C26H26ClNO6S. The van der Waals surface area contributed by atoms with Crippen LogP contribution in [0, 0.1) is 13.8 Å². The predicted molar refractivity (Wildman–Crippen MR) is 134 cm³/mol. The van der Waals surface area contributed by atoms with E-state index in [0.717, 1.165) is 24.0 Å². The molecule has 0 radical (unpaired) electrons. The fourth-order valence-electron chi connectivity index (χ4n) is 4.42. The highest BCUT2D eigenvalue weighted by Gasteiger charge is 2.34. The van der Waals surface area contributed by atoms with E-state index in [4.69, 9.17) is 16.3 Å². The lowest BCUT2D eigenvalue weighted by molar-refractivity contribution is 0.0693. The first-order chi connectivity index (χ1) is 16.6. The fourth-order valence-corrected chi connectivity index (χ4v) is 6.23. The normalized spacial score (nSPS) is 14.1. The number of carboxylic acid groups (broad SMARTS) is 1. The highest BCUT2D eigenvalue weighted by atomic mass is 35.5. The van der Waals surface area contributed by atoms with Gasteiger partial charge in [-0.15, -0.1) is 0 Å². The van der Waals surface area contributed by atoms with E-state index in [1.54, 1.807) is 12.1 Å². The molecule has 0 unspecified atom stereocenters. The number of aromatic carboxylic acids is 1. The summed E-state index contributed by atoms with van der Waals surface area (Å²) in [6, 6.07) is 13.3. The second-order valence-corrected chi connectivity index (χ2v) is 10.9. The number of halogens is 1. The zero-order chi connectivity index (χ0) is 25.3. The number of phenols is 1. The standard InChI is InChI=1S/C26H26ClNO6S/c1-16-13-21(14-17(2)25(16)27)34-20-8-10-22(11-9-20)35(32,33)28(18-5-3-4-6-18)19-7-12-23(26(30)31)24(29)15-19/h7-15,18,29H,3-6H2,1-2H3,(H,30,31). The Labute approximate surface area is 209 Å². The minimum absolute atomic E-state index is 0.0713. The number of hydrogen-bond acceptors (Lipinski definition) is 5. The molecule has 184 valence electrons. The van der Waals surface area contributed by atoms with Gasteiger partial charge in [0.25, 0.3) is 10.0 Å². The number of hydrogen-bond donors (Lipinski definition) is 2. The molecule has 0 amide bonds. The maximum atomic E-state index is 13.7. The van der Waals surface area contributed by atoms with Gasteiger partial charge in [0.15, 0.2) is 0 Å². The summed E-state index contributed by atoms with van der Waals surface area (Å²) in [5.41, 5.74) is 1.70. The van der Waals surface area contributed by atoms with Gasteiger partial charge < -0.3 is 14.9 Å². The van der Waals surface area contributed by atoms with Gasteiger partial charge in [-0.25, -0.2) is 13.2 Å². The Morgan fingerprint density at radius 1 is 0.971 bits per heavy atom. The summed E-state index contributed by atoms with van der Waals surface area (Å²) in [6.07, 6.45) is 3.14. The Morgan fingerprint density at radius 3 is 2.11 bits per heavy atom. The lowest BCUT2D eigenvalue weighted by Crippen LogP contribution is -2.39. The molecule has 4 rings (SSSR count). The number of rotatable bonds is 7. The van der Waals surface area contributed by atoms with Gasteiger partial charge in [0.2, 0.25) is 0 Å². The Bertz CT molecular complexity index is 1340. The van der Waals surface area contributed by atoms with Crippen LogP contribution in [0.2, 0.25) is 5.02 Å². The van der Waals surface area contributed by atoms with Crippen LogP contribution in [0.15, 0.2) is 59.5 Å². The van der Waals surface area contributed by atoms with E-state index in [9.17, 15) is 23.4 Å². The molecule has 1 aliphatic carbocycles. The van der Waals surface area contributed by atoms with Crippen LogP contribution >= 0.6 is 11.6 Å². The molecule has 3 aromatic carbocycles. The van der Waals surface area contributed by atoms with Gasteiger partial charge in [-0.3, -0.25) is 4.31 Å². The monoisotopic (exact) mass is 515 g/mol. The zero-order valence-electron chi connectivity index (χ0n) is 19.4. The molecule has 35 heavy (non-hydrogen) atoms. The van der Waals surface area contributed by atoms with Crippen LogP contribution in [-0.2, 0) is 10.0 Å². The molecule has 0 spiro atoms. The van der Waals surface area contributed by atoms with E-state index in [1.165, 1.54) is 34.6 Å². The second-order valence-electron chi connectivity index (χ2n) is 8.69. The third kappa shape index (κ3) is 5.09. The van der Waals surface area contributed by atoms with Crippen LogP contribution in [0.4, 0.5) is 5.69 Å². The van der Waals surface area contributed by atoms with Gasteiger partial charge in [-0.05, 0) is 86.3 Å². The van der Waals surface area contributed by atoms with Crippen molar-refractivity contribution in [3.63, 3.8) is 0 Å². The van der Waals surface area contributed by atoms with Crippen molar-refractivity contribution in [2.75, 3.05) is 4.31 Å². The van der Waals surface area contributed by atoms with E-state index in [-0.39, 0.29) is 22.2 Å². The van der Waals surface area contributed by atoms with Crippen molar-refractivity contribution < 1.29 is 28.2 Å². The average Bonchev–Trinajstić information content (AvgIpc) is 3.31. The number of carboxylic acids is 1. The van der Waals surface area contributed by atoms with Crippen molar-refractivity contribution in [1.29, 1.82) is 0 Å². The summed E-state index contributed by atoms with van der Waals surface area (Å²) in [5.74, 6) is -0.695. The van der Waals surface area contributed by atoms with E-state index >= 15 is 0 Å². The fraction of sp³-hybridized carbons (Fsp3) is 0.269. The van der Waals surface area contributed by atoms with Gasteiger partial charge in [-0.2, -0.15) is 0 Å². The number of aromatic hydroxyl groups is 1. The highest BCUT2D eigenvalue weighted by molar-refractivity contribution is 7.92. The maximum absolute atomic E-state index is 13.7. The topological polar surface area (TPSA) is 104 Å². The summed E-state index contributed by atoms with van der Waals surface area (Å²) in [7, 11) is -3.99. The molecule has 0 aliphatic heterocycles. The smallest absolute Gasteiger partial charge is 0.339 e. The molecule has 1 fully saturated rings. The first kappa shape index (κ1) is 24.9. The molecule has 2 N–H and O–H groups in total. The van der Waals surface area contributed by atoms with E-state index in [1.807, 2.05) is 26.0 Å². The zero-order valence-corrected chi connectivity index (χ0v) is 20.9. The Kier molecular flexibility index (Phi) is 6.96. The number of carbonyl (C=O) groups is 1. The summed E-state index contributed by atoms with van der Waals surface area (Å²) in [5, 5.41) is 20.1. The first-order valence-electron chi connectivity index (χ1n) is 11.2. The van der Waals surface area contributed by atoms with Crippen molar-refractivity contribution in [1.82, 2.24) is 0 Å². The summed E-state index contributed by atoms with van der Waals surface area (Å²) >= 11 is 6.22. The SMILES string of the molecule is Cc1cc(Oc2ccc(S(=O)(=O)N(c3ccc(C(=O)O)c(O)c3)C3CCCC3)cc2)cc(C)c1Cl. The molecule has 0 saturated heterocycles. The van der Waals surface area contributed by atoms with Gasteiger partial charge in [0.1, 0.15) is 22.8 Å². The number of aryl methyl sites for hydroxylation is 2. The molecule has 7 nitrogen and oxygen atoms in total. The molecule has 0 aromatic heterocycles. The molecule has 3 aromatic rings. The predicted octanol–water partition coefficient (Wildman–Crippen LogP) is 6.29. The van der Waals surface area contributed by atoms with Crippen LogP contribution in [0.25, 0.3) is 0 Å². The van der Waals surface area contributed by atoms with Crippen molar-refractivity contribution in [3.05, 3.63) is 76.3 Å². The minimum Gasteiger partial charge on any atom is -0.507 e. The lowest BCUT2D eigenvalue weighted by Gasteiger charge is -2.30. The average molecular weight is 516 g/mol. The van der Waals surface area contributed by atoms with E-state index in [0.29, 0.717) is 29.4 Å². The first-order valence-corrected chi connectivity index (χ1v) is 13.0. The number of anilines is 1. The molecule has 0 atom stereocenters. The van der Waals surface area contributed by atoms with Crippen LogP contribution in [-0.4, -0.2) is 30.6 Å². The third-order valence-corrected chi connectivity index (χ3v) is 8.64. The molecule has 0 bridgehead atoms. The molecule has 1 saturated carbocycles.